The fourth-order valence-electron chi connectivity index (χ4n) is 8.64. The highest BCUT2D eigenvalue weighted by atomic mass is 16.6. The van der Waals surface area contributed by atoms with Gasteiger partial charge >= 0.3 is 5.97 Å². The quantitative estimate of drug-likeness (QED) is 0.325. The number of carbonyl (C=O) groups is 2. The Morgan fingerprint density at radius 2 is 1.85 bits per heavy atom. The Morgan fingerprint density at radius 1 is 1.09 bits per heavy atom. The highest BCUT2D eigenvalue weighted by Gasteiger charge is 2.65. The van der Waals surface area contributed by atoms with Gasteiger partial charge in [-0.15, -0.1) is 0 Å². The van der Waals surface area contributed by atoms with E-state index in [0.717, 1.165) is 24.2 Å². The summed E-state index contributed by atoms with van der Waals surface area (Å²) < 4.78 is 11.9. The lowest BCUT2D eigenvalue weighted by molar-refractivity contribution is -0.148. The van der Waals surface area contributed by atoms with Gasteiger partial charge in [0.1, 0.15) is 11.9 Å². The fraction of sp³-hybridized carbons (Fsp3) is 0.931. The summed E-state index contributed by atoms with van der Waals surface area (Å²) in [4.78, 5) is 24.4. The Labute approximate surface area is 201 Å². The monoisotopic (exact) mass is 460 g/mol. The van der Waals surface area contributed by atoms with Crippen LogP contribution in [0.15, 0.2) is 0 Å². The zero-order valence-corrected chi connectivity index (χ0v) is 22.0. The second-order valence-electron chi connectivity index (χ2n) is 12.9. The summed E-state index contributed by atoms with van der Waals surface area (Å²) in [5, 5.41) is 0. The smallest absolute Gasteiger partial charge is 0.302 e. The standard InChI is InChI=1S/C29H48O4/c1-18(2)8-7-9-19(3)24-12-13-25-23-11-10-21(31)16-22(32-20(4)30)17-27-29(6,33-27)26(23)14-15-28(24,25)5/h18-19,22-27H,7-17H2,1-6H3/t19-,22-,23+,24-,25+,26+,27-,28-,29-/m1/s1. The van der Waals surface area contributed by atoms with E-state index in [0.29, 0.717) is 42.4 Å². The van der Waals surface area contributed by atoms with Gasteiger partial charge in [0.15, 0.2) is 0 Å². The van der Waals surface area contributed by atoms with Crippen LogP contribution in [0.25, 0.3) is 0 Å². The fourth-order valence-corrected chi connectivity index (χ4v) is 8.64. The van der Waals surface area contributed by atoms with Crippen molar-refractivity contribution in [2.24, 2.45) is 40.9 Å². The maximum Gasteiger partial charge on any atom is 0.302 e. The summed E-state index contributed by atoms with van der Waals surface area (Å²) in [5.74, 6) is 4.20. The van der Waals surface area contributed by atoms with Crippen molar-refractivity contribution in [1.29, 1.82) is 0 Å². The zero-order chi connectivity index (χ0) is 24.0. The SMILES string of the molecule is CC(=O)O[C@@H]1CC(=O)CC[C@H]2[C@@H]3CC[C@H]([C@H](C)CCCC(C)C)[C@@]3(C)CC[C@@H]2[C@@]2(C)O[C@@H]2C1. The molecule has 0 unspecified atom stereocenters. The van der Waals surface area contributed by atoms with Gasteiger partial charge in [0.05, 0.1) is 11.7 Å². The summed E-state index contributed by atoms with van der Waals surface area (Å²) in [6.45, 7) is 13.5. The van der Waals surface area contributed by atoms with Crippen LogP contribution in [-0.4, -0.2) is 29.6 Å². The molecule has 3 saturated carbocycles. The third-order valence-corrected chi connectivity index (χ3v) is 10.4. The van der Waals surface area contributed by atoms with Gasteiger partial charge in [-0.2, -0.15) is 0 Å². The van der Waals surface area contributed by atoms with E-state index < -0.39 is 0 Å². The number of esters is 1. The predicted octanol–water partition coefficient (Wildman–Crippen LogP) is 6.74. The number of hydrogen-bond donors (Lipinski definition) is 0. The van der Waals surface area contributed by atoms with Crippen LogP contribution in [0, 0.1) is 40.9 Å². The zero-order valence-electron chi connectivity index (χ0n) is 22.0. The van der Waals surface area contributed by atoms with Crippen molar-refractivity contribution in [3.63, 3.8) is 0 Å². The molecule has 1 aliphatic heterocycles. The van der Waals surface area contributed by atoms with Crippen molar-refractivity contribution in [3.05, 3.63) is 0 Å². The summed E-state index contributed by atoms with van der Waals surface area (Å²) in [6, 6.07) is 0. The Balaban J connectivity index is 1.49. The first kappa shape index (κ1) is 25.2. The van der Waals surface area contributed by atoms with Crippen LogP contribution < -0.4 is 0 Å². The Hall–Kier alpha value is -0.900. The summed E-state index contributed by atoms with van der Waals surface area (Å²) >= 11 is 0. The van der Waals surface area contributed by atoms with Crippen LogP contribution in [0.4, 0.5) is 0 Å². The molecule has 4 nitrogen and oxygen atoms in total. The van der Waals surface area contributed by atoms with Crippen molar-refractivity contribution in [3.8, 4) is 0 Å². The number of Topliss-reactive ketones (excluding diaryl/α,β-unsaturated/α-hetero) is 1. The molecule has 0 aromatic heterocycles. The molecule has 3 aliphatic carbocycles. The molecule has 9 atom stereocenters. The molecule has 0 amide bonds. The molecule has 0 spiro atoms. The van der Waals surface area contributed by atoms with Crippen LogP contribution in [-0.2, 0) is 19.1 Å². The molecule has 4 fully saturated rings. The third-order valence-electron chi connectivity index (χ3n) is 10.4. The normalized spacial score (nSPS) is 43.9. The summed E-state index contributed by atoms with van der Waals surface area (Å²) in [7, 11) is 0. The van der Waals surface area contributed by atoms with E-state index in [1.807, 2.05) is 0 Å². The van der Waals surface area contributed by atoms with Gasteiger partial charge < -0.3 is 9.47 Å². The minimum absolute atomic E-state index is 0.105. The minimum atomic E-state index is -0.324. The molecule has 1 heterocycles. The summed E-state index contributed by atoms with van der Waals surface area (Å²) in [5.41, 5.74) is 0.304. The first-order chi connectivity index (χ1) is 15.5. The summed E-state index contributed by atoms with van der Waals surface area (Å²) in [6.07, 6.45) is 11.7. The average molecular weight is 461 g/mol. The molecule has 1 saturated heterocycles. The van der Waals surface area contributed by atoms with Gasteiger partial charge in [-0.25, -0.2) is 0 Å². The molecule has 0 radical (unpaired) electrons. The lowest BCUT2D eigenvalue weighted by Crippen LogP contribution is -2.47. The van der Waals surface area contributed by atoms with Gasteiger partial charge in [0, 0.05) is 26.2 Å². The van der Waals surface area contributed by atoms with Gasteiger partial charge in [-0.05, 0) is 80.0 Å². The first-order valence-corrected chi connectivity index (χ1v) is 13.9. The van der Waals surface area contributed by atoms with Gasteiger partial charge in [0.2, 0.25) is 0 Å². The predicted molar refractivity (Wildman–Crippen MR) is 131 cm³/mol. The van der Waals surface area contributed by atoms with E-state index in [1.165, 1.54) is 51.9 Å². The Morgan fingerprint density at radius 3 is 2.55 bits per heavy atom. The number of fused-ring (bicyclic) bond motifs is 5. The molecule has 0 bridgehead atoms. The lowest BCUT2D eigenvalue weighted by Gasteiger charge is -2.51. The Kier molecular flexibility index (Phi) is 7.35. The van der Waals surface area contributed by atoms with Crippen molar-refractivity contribution < 1.29 is 19.1 Å². The molecule has 0 aromatic rings. The van der Waals surface area contributed by atoms with E-state index in [4.69, 9.17) is 9.47 Å². The second kappa shape index (κ2) is 9.63. The van der Waals surface area contributed by atoms with Crippen molar-refractivity contribution in [2.75, 3.05) is 0 Å². The minimum Gasteiger partial charge on any atom is -0.462 e. The first-order valence-electron chi connectivity index (χ1n) is 13.9. The molecule has 0 aromatic carbocycles. The van der Waals surface area contributed by atoms with Crippen molar-refractivity contribution >= 4 is 11.8 Å². The number of ether oxygens (including phenoxy) is 2. The number of hydrogen-bond acceptors (Lipinski definition) is 4. The molecular formula is C29H48O4. The van der Waals surface area contributed by atoms with E-state index in [2.05, 4.69) is 34.6 Å². The van der Waals surface area contributed by atoms with Crippen LogP contribution in [0.5, 0.6) is 0 Å². The van der Waals surface area contributed by atoms with Crippen LogP contribution in [0.3, 0.4) is 0 Å². The molecule has 4 heteroatoms. The van der Waals surface area contributed by atoms with Crippen LogP contribution >= 0.6 is 0 Å². The van der Waals surface area contributed by atoms with Gasteiger partial charge in [0.25, 0.3) is 0 Å². The largest absolute Gasteiger partial charge is 0.462 e. The van der Waals surface area contributed by atoms with Gasteiger partial charge in [-0.3, -0.25) is 9.59 Å². The number of carbonyl (C=O) groups excluding carboxylic acids is 2. The molecule has 4 aliphatic rings. The second-order valence-corrected chi connectivity index (χ2v) is 12.9. The molecule has 33 heavy (non-hydrogen) atoms. The van der Waals surface area contributed by atoms with Crippen molar-refractivity contribution in [2.45, 2.75) is 130 Å². The van der Waals surface area contributed by atoms with Crippen molar-refractivity contribution in [1.82, 2.24) is 0 Å². The maximum atomic E-state index is 12.9. The number of rotatable bonds is 6. The third kappa shape index (κ3) is 5.07. The topological polar surface area (TPSA) is 55.9 Å². The lowest BCUT2D eigenvalue weighted by atomic mass is 9.53. The highest BCUT2D eigenvalue weighted by molar-refractivity contribution is 5.79. The van der Waals surface area contributed by atoms with E-state index >= 15 is 0 Å². The van der Waals surface area contributed by atoms with E-state index in [9.17, 15) is 9.59 Å². The van der Waals surface area contributed by atoms with E-state index in [1.54, 1.807) is 0 Å². The number of epoxide rings is 1. The molecular weight excluding hydrogens is 412 g/mol. The van der Waals surface area contributed by atoms with Crippen LogP contribution in [0.2, 0.25) is 0 Å². The molecule has 4 rings (SSSR count). The number of ketones is 1. The molecule has 0 N–H and O–H groups in total. The van der Waals surface area contributed by atoms with E-state index in [-0.39, 0.29) is 29.6 Å². The average Bonchev–Trinajstić information content (AvgIpc) is 3.21. The van der Waals surface area contributed by atoms with Gasteiger partial charge in [-0.1, -0.05) is 47.0 Å². The maximum absolute atomic E-state index is 12.9. The van der Waals surface area contributed by atoms with Crippen LogP contribution in [0.1, 0.15) is 112 Å². The molecule has 188 valence electrons. The highest BCUT2D eigenvalue weighted by Crippen LogP contribution is 2.66. The Bertz CT molecular complexity index is 731.